The topological polar surface area (TPSA) is 76.2 Å². The Labute approximate surface area is 129 Å². The molecule has 1 aromatic carbocycles. The number of pyridine rings is 1. The first-order valence-corrected chi connectivity index (χ1v) is 6.76. The second-order valence-corrected chi connectivity index (χ2v) is 5.12. The highest BCUT2D eigenvalue weighted by atomic mass is 35.5. The number of aromatic nitrogens is 2. The summed E-state index contributed by atoms with van der Waals surface area (Å²) in [5.41, 5.74) is 1.42. The Hall–Kier alpha value is -2.47. The Morgan fingerprint density at radius 3 is 2.86 bits per heavy atom. The molecule has 0 aliphatic heterocycles. The summed E-state index contributed by atoms with van der Waals surface area (Å²) < 4.78 is 17.9. The Morgan fingerprint density at radius 1 is 1.36 bits per heavy atom. The van der Waals surface area contributed by atoms with Crippen molar-refractivity contribution < 1.29 is 18.7 Å². The number of carboxylic acid groups (broad SMARTS) is 1. The van der Waals surface area contributed by atoms with E-state index in [0.717, 1.165) is 16.5 Å². The minimum atomic E-state index is -1.33. The van der Waals surface area contributed by atoms with Crippen LogP contribution in [-0.4, -0.2) is 21.0 Å². The maximum absolute atomic E-state index is 12.7. The second-order valence-electron chi connectivity index (χ2n) is 4.68. The number of hydrogen-bond donors (Lipinski definition) is 1. The van der Waals surface area contributed by atoms with Crippen molar-refractivity contribution in [3.63, 3.8) is 0 Å². The summed E-state index contributed by atoms with van der Waals surface area (Å²) in [5.74, 6) is -1.64. The van der Waals surface area contributed by atoms with Crippen molar-refractivity contribution in [3.8, 4) is 0 Å². The number of aromatic carboxylic acids is 1. The summed E-state index contributed by atoms with van der Waals surface area (Å²) in [6.07, 6.45) is 1.81. The molecule has 0 radical (unpaired) electrons. The smallest absolute Gasteiger partial charge is 0.373 e. The SMILES string of the molecule is O=C(O)c1oc(Cc2ccc3ncc(Cl)cc3c2)nc1CF. The number of halogens is 2. The van der Waals surface area contributed by atoms with Gasteiger partial charge in [0.2, 0.25) is 5.76 Å². The van der Waals surface area contributed by atoms with Gasteiger partial charge in [0.15, 0.2) is 5.89 Å². The van der Waals surface area contributed by atoms with Crippen molar-refractivity contribution in [2.75, 3.05) is 0 Å². The summed E-state index contributed by atoms with van der Waals surface area (Å²) in [7, 11) is 0. The zero-order chi connectivity index (χ0) is 15.7. The lowest BCUT2D eigenvalue weighted by molar-refractivity contribution is 0.0657. The highest BCUT2D eigenvalue weighted by Gasteiger charge is 2.19. The largest absolute Gasteiger partial charge is 0.475 e. The van der Waals surface area contributed by atoms with Gasteiger partial charge in [-0.15, -0.1) is 0 Å². The predicted octanol–water partition coefficient (Wildman–Crippen LogP) is 3.63. The van der Waals surface area contributed by atoms with E-state index in [-0.39, 0.29) is 18.0 Å². The fourth-order valence-electron chi connectivity index (χ4n) is 2.17. The number of alkyl halides is 1. The van der Waals surface area contributed by atoms with E-state index >= 15 is 0 Å². The van der Waals surface area contributed by atoms with Gasteiger partial charge in [-0.1, -0.05) is 17.7 Å². The maximum atomic E-state index is 12.7. The lowest BCUT2D eigenvalue weighted by Crippen LogP contribution is -1.97. The van der Waals surface area contributed by atoms with Crippen LogP contribution >= 0.6 is 11.6 Å². The van der Waals surface area contributed by atoms with E-state index in [9.17, 15) is 9.18 Å². The van der Waals surface area contributed by atoms with Crippen LogP contribution in [0.5, 0.6) is 0 Å². The van der Waals surface area contributed by atoms with Crippen molar-refractivity contribution in [2.45, 2.75) is 13.1 Å². The van der Waals surface area contributed by atoms with E-state index < -0.39 is 18.4 Å². The van der Waals surface area contributed by atoms with Crippen LogP contribution in [-0.2, 0) is 13.1 Å². The average Bonchev–Trinajstić information content (AvgIpc) is 2.90. The van der Waals surface area contributed by atoms with Crippen LogP contribution in [0, 0.1) is 0 Å². The number of fused-ring (bicyclic) bond motifs is 1. The van der Waals surface area contributed by atoms with E-state index in [1.54, 1.807) is 12.3 Å². The number of carbonyl (C=O) groups is 1. The number of nitrogens with zero attached hydrogens (tertiary/aromatic N) is 2. The third-order valence-corrected chi connectivity index (χ3v) is 3.34. The highest BCUT2D eigenvalue weighted by molar-refractivity contribution is 6.31. The zero-order valence-corrected chi connectivity index (χ0v) is 12.0. The normalized spacial score (nSPS) is 11.0. The molecule has 0 bridgehead atoms. The van der Waals surface area contributed by atoms with Gasteiger partial charge in [-0.05, 0) is 23.8 Å². The summed E-state index contributed by atoms with van der Waals surface area (Å²) in [6, 6.07) is 7.27. The molecule has 3 aromatic rings. The molecular weight excluding hydrogens is 311 g/mol. The standard InChI is InChI=1S/C15H10ClFN2O3/c16-10-5-9-3-8(1-2-11(9)18-7-10)4-13-19-12(6-17)14(22-13)15(20)21/h1-3,5,7H,4,6H2,(H,20,21). The average molecular weight is 321 g/mol. The second kappa shape index (κ2) is 5.73. The Balaban J connectivity index is 1.94. The van der Waals surface area contributed by atoms with Crippen LogP contribution < -0.4 is 0 Å². The summed E-state index contributed by atoms with van der Waals surface area (Å²) >= 11 is 5.91. The predicted molar refractivity (Wildman–Crippen MR) is 77.8 cm³/mol. The molecule has 2 aromatic heterocycles. The van der Waals surface area contributed by atoms with Crippen molar-refractivity contribution in [2.24, 2.45) is 0 Å². The molecule has 0 aliphatic carbocycles. The Morgan fingerprint density at radius 2 is 2.18 bits per heavy atom. The molecule has 0 saturated carbocycles. The minimum Gasteiger partial charge on any atom is -0.475 e. The zero-order valence-electron chi connectivity index (χ0n) is 11.2. The first-order chi connectivity index (χ1) is 10.6. The molecule has 7 heteroatoms. The summed E-state index contributed by atoms with van der Waals surface area (Å²) in [4.78, 5) is 19.0. The van der Waals surface area contributed by atoms with Gasteiger partial charge in [-0.2, -0.15) is 0 Å². The van der Waals surface area contributed by atoms with Crippen LogP contribution in [0.2, 0.25) is 5.02 Å². The van der Waals surface area contributed by atoms with Crippen LogP contribution in [0.1, 0.15) is 27.7 Å². The van der Waals surface area contributed by atoms with Gasteiger partial charge >= 0.3 is 5.97 Å². The molecule has 1 N–H and O–H groups in total. The fourth-order valence-corrected chi connectivity index (χ4v) is 2.34. The number of hydrogen-bond acceptors (Lipinski definition) is 4. The Bertz CT molecular complexity index is 863. The first-order valence-electron chi connectivity index (χ1n) is 6.39. The molecule has 5 nitrogen and oxygen atoms in total. The van der Waals surface area contributed by atoms with Gasteiger partial charge in [0.05, 0.1) is 10.5 Å². The van der Waals surface area contributed by atoms with Crippen LogP contribution in [0.15, 0.2) is 34.9 Å². The molecule has 0 unspecified atom stereocenters. The molecule has 22 heavy (non-hydrogen) atoms. The molecule has 0 saturated heterocycles. The quantitative estimate of drug-likeness (QED) is 0.794. The van der Waals surface area contributed by atoms with Crippen molar-refractivity contribution in [1.29, 1.82) is 0 Å². The van der Waals surface area contributed by atoms with Crippen molar-refractivity contribution in [1.82, 2.24) is 9.97 Å². The summed E-state index contributed by atoms with van der Waals surface area (Å²) in [5, 5.41) is 10.3. The maximum Gasteiger partial charge on any atom is 0.373 e. The van der Waals surface area contributed by atoms with E-state index in [0.29, 0.717) is 5.02 Å². The molecule has 0 spiro atoms. The number of rotatable bonds is 4. The van der Waals surface area contributed by atoms with Gasteiger partial charge in [-0.25, -0.2) is 14.2 Å². The van der Waals surface area contributed by atoms with Gasteiger partial charge in [0.25, 0.3) is 0 Å². The Kier molecular flexibility index (Phi) is 3.77. The third kappa shape index (κ3) is 2.78. The number of benzene rings is 1. The monoisotopic (exact) mass is 320 g/mol. The van der Waals surface area contributed by atoms with Crippen molar-refractivity contribution >= 4 is 28.5 Å². The van der Waals surface area contributed by atoms with Gasteiger partial charge in [0, 0.05) is 18.0 Å². The lowest BCUT2D eigenvalue weighted by atomic mass is 10.1. The molecule has 0 atom stereocenters. The molecule has 2 heterocycles. The third-order valence-electron chi connectivity index (χ3n) is 3.13. The first kappa shape index (κ1) is 14.5. The van der Waals surface area contributed by atoms with E-state index in [1.165, 1.54) is 0 Å². The van der Waals surface area contributed by atoms with E-state index in [4.69, 9.17) is 21.1 Å². The van der Waals surface area contributed by atoms with Crippen LogP contribution in [0.3, 0.4) is 0 Å². The minimum absolute atomic E-state index is 0.152. The molecule has 3 rings (SSSR count). The van der Waals surface area contributed by atoms with Gasteiger partial charge in [-0.3, -0.25) is 4.98 Å². The number of carboxylic acids is 1. The molecule has 0 aliphatic rings. The summed E-state index contributed by atoms with van der Waals surface area (Å²) in [6.45, 7) is -0.984. The van der Waals surface area contributed by atoms with Crippen LogP contribution in [0.4, 0.5) is 4.39 Å². The van der Waals surface area contributed by atoms with Gasteiger partial charge in [0.1, 0.15) is 12.4 Å². The van der Waals surface area contributed by atoms with Gasteiger partial charge < -0.3 is 9.52 Å². The van der Waals surface area contributed by atoms with Crippen LogP contribution in [0.25, 0.3) is 10.9 Å². The lowest BCUT2D eigenvalue weighted by Gasteiger charge is -2.01. The fraction of sp³-hybridized carbons (Fsp3) is 0.133. The van der Waals surface area contributed by atoms with E-state index in [1.807, 2.05) is 18.2 Å². The molecular formula is C15H10ClFN2O3. The molecule has 0 amide bonds. The van der Waals surface area contributed by atoms with Crippen molar-refractivity contribution in [3.05, 3.63) is 58.4 Å². The molecule has 0 fully saturated rings. The number of oxazole rings is 1. The highest BCUT2D eigenvalue weighted by Crippen LogP contribution is 2.21. The van der Waals surface area contributed by atoms with E-state index in [2.05, 4.69) is 9.97 Å². The molecule has 112 valence electrons.